The summed E-state index contributed by atoms with van der Waals surface area (Å²) in [5.41, 5.74) is 1.56. The van der Waals surface area contributed by atoms with Crippen LogP contribution >= 0.6 is 0 Å². The molecule has 2 aromatic rings. The van der Waals surface area contributed by atoms with Gasteiger partial charge in [0.25, 0.3) is 5.91 Å². The summed E-state index contributed by atoms with van der Waals surface area (Å²) in [7, 11) is 0. The molecule has 0 atom stereocenters. The minimum absolute atomic E-state index is 0.241. The Kier molecular flexibility index (Phi) is 2.95. The number of carbonyl (C=O) groups excluding carboxylic acids is 1. The summed E-state index contributed by atoms with van der Waals surface area (Å²) in [5.74, 6) is 0.297. The van der Waals surface area contributed by atoms with Crippen molar-refractivity contribution in [1.29, 1.82) is 0 Å². The van der Waals surface area contributed by atoms with Crippen LogP contribution in [0, 0.1) is 0 Å². The number of carbonyl (C=O) groups is 1. The number of nitrogens with zero attached hydrogens (tertiary/aromatic N) is 2. The van der Waals surface area contributed by atoms with Crippen LogP contribution in [0.4, 0.5) is 5.82 Å². The largest absolute Gasteiger partial charge is 0.305 e. The van der Waals surface area contributed by atoms with Crippen molar-refractivity contribution in [2.45, 2.75) is 13.3 Å². The fraction of sp³-hybridized carbons (Fsp3) is 0.182. The third-order valence-corrected chi connectivity index (χ3v) is 2.22. The average molecular weight is 216 g/mol. The molecule has 0 radical (unpaired) electrons. The predicted octanol–water partition coefficient (Wildman–Crippen LogP) is 1.62. The van der Waals surface area contributed by atoms with Crippen molar-refractivity contribution in [2.24, 2.45) is 0 Å². The van der Waals surface area contributed by atoms with Crippen molar-refractivity contribution < 1.29 is 4.79 Å². The maximum atomic E-state index is 11.6. The molecule has 0 bridgehead atoms. The zero-order valence-electron chi connectivity index (χ0n) is 8.90. The van der Waals surface area contributed by atoms with Crippen LogP contribution in [0.1, 0.15) is 23.0 Å². The van der Waals surface area contributed by atoms with Crippen molar-refractivity contribution >= 4 is 11.7 Å². The SMILES string of the molecule is CCc1ccc(NC(=O)c2ccn[nH]2)nc1. The van der Waals surface area contributed by atoms with E-state index in [1.807, 2.05) is 6.07 Å². The fourth-order valence-corrected chi connectivity index (χ4v) is 1.27. The van der Waals surface area contributed by atoms with Crippen molar-refractivity contribution in [3.8, 4) is 0 Å². The van der Waals surface area contributed by atoms with Crippen LogP contribution in [-0.2, 0) is 6.42 Å². The lowest BCUT2D eigenvalue weighted by Crippen LogP contribution is -2.13. The van der Waals surface area contributed by atoms with E-state index in [9.17, 15) is 4.79 Å². The summed E-state index contributed by atoms with van der Waals surface area (Å²) in [6.07, 6.45) is 4.22. The van der Waals surface area contributed by atoms with E-state index in [4.69, 9.17) is 0 Å². The highest BCUT2D eigenvalue weighted by atomic mass is 16.2. The molecule has 0 saturated heterocycles. The van der Waals surface area contributed by atoms with E-state index < -0.39 is 0 Å². The zero-order valence-corrected chi connectivity index (χ0v) is 8.90. The molecule has 2 rings (SSSR count). The number of rotatable bonds is 3. The van der Waals surface area contributed by atoms with E-state index in [-0.39, 0.29) is 5.91 Å². The predicted molar refractivity (Wildman–Crippen MR) is 60.2 cm³/mol. The second-order valence-electron chi connectivity index (χ2n) is 3.33. The van der Waals surface area contributed by atoms with Crippen LogP contribution in [0.3, 0.4) is 0 Å². The summed E-state index contributed by atoms with van der Waals surface area (Å²) in [6.45, 7) is 2.06. The first-order valence-electron chi connectivity index (χ1n) is 5.05. The number of pyridine rings is 1. The molecule has 0 spiro atoms. The number of aromatic nitrogens is 3. The van der Waals surface area contributed by atoms with Crippen molar-refractivity contribution in [3.05, 3.63) is 41.9 Å². The smallest absolute Gasteiger partial charge is 0.274 e. The average Bonchev–Trinajstić information content (AvgIpc) is 2.83. The number of H-pyrrole nitrogens is 1. The molecule has 2 aromatic heterocycles. The van der Waals surface area contributed by atoms with E-state index in [2.05, 4.69) is 27.4 Å². The molecule has 0 fully saturated rings. The summed E-state index contributed by atoms with van der Waals surface area (Å²) < 4.78 is 0. The van der Waals surface area contributed by atoms with E-state index in [0.717, 1.165) is 12.0 Å². The van der Waals surface area contributed by atoms with Crippen LogP contribution in [-0.4, -0.2) is 21.1 Å². The highest BCUT2D eigenvalue weighted by Crippen LogP contribution is 2.06. The Morgan fingerprint density at radius 3 is 2.88 bits per heavy atom. The van der Waals surface area contributed by atoms with Gasteiger partial charge < -0.3 is 5.32 Å². The van der Waals surface area contributed by atoms with Crippen LogP contribution in [0.5, 0.6) is 0 Å². The molecular weight excluding hydrogens is 204 g/mol. The molecule has 16 heavy (non-hydrogen) atoms. The van der Waals surface area contributed by atoms with Gasteiger partial charge in [0.1, 0.15) is 11.5 Å². The number of nitrogens with one attached hydrogen (secondary N) is 2. The van der Waals surface area contributed by atoms with Gasteiger partial charge in [-0.3, -0.25) is 9.89 Å². The van der Waals surface area contributed by atoms with Gasteiger partial charge in [0, 0.05) is 12.4 Å². The monoisotopic (exact) mass is 216 g/mol. The molecule has 0 aliphatic heterocycles. The maximum Gasteiger partial charge on any atom is 0.274 e. The topological polar surface area (TPSA) is 70.7 Å². The molecule has 2 N–H and O–H groups in total. The van der Waals surface area contributed by atoms with E-state index in [0.29, 0.717) is 11.5 Å². The normalized spacial score (nSPS) is 10.1. The number of hydrogen-bond acceptors (Lipinski definition) is 3. The summed E-state index contributed by atoms with van der Waals surface area (Å²) in [5, 5.41) is 8.97. The molecule has 1 amide bonds. The summed E-state index contributed by atoms with van der Waals surface area (Å²) >= 11 is 0. The van der Waals surface area contributed by atoms with Crippen LogP contribution in [0.15, 0.2) is 30.6 Å². The Hall–Kier alpha value is -2.17. The van der Waals surface area contributed by atoms with Gasteiger partial charge >= 0.3 is 0 Å². The van der Waals surface area contributed by atoms with Gasteiger partial charge in [-0.25, -0.2) is 4.98 Å². The lowest BCUT2D eigenvalue weighted by atomic mass is 10.2. The standard InChI is InChI=1S/C11H12N4O/c1-2-8-3-4-10(12-7-8)14-11(16)9-5-6-13-15-9/h3-7H,2H2,1H3,(H,13,15)(H,12,14,16). The lowest BCUT2D eigenvalue weighted by Gasteiger charge is -2.03. The molecule has 0 unspecified atom stereocenters. The van der Waals surface area contributed by atoms with Gasteiger partial charge in [-0.15, -0.1) is 0 Å². The number of aryl methyl sites for hydroxylation is 1. The zero-order chi connectivity index (χ0) is 11.4. The first-order chi connectivity index (χ1) is 7.79. The van der Waals surface area contributed by atoms with Gasteiger partial charge in [-0.1, -0.05) is 13.0 Å². The number of aromatic amines is 1. The number of hydrogen-bond donors (Lipinski definition) is 2. The van der Waals surface area contributed by atoms with Crippen LogP contribution in [0.25, 0.3) is 0 Å². The molecule has 0 aliphatic rings. The van der Waals surface area contributed by atoms with Crippen molar-refractivity contribution in [1.82, 2.24) is 15.2 Å². The minimum atomic E-state index is -0.241. The van der Waals surface area contributed by atoms with Crippen molar-refractivity contribution in [2.75, 3.05) is 5.32 Å². The second kappa shape index (κ2) is 4.57. The highest BCUT2D eigenvalue weighted by Gasteiger charge is 2.07. The Bertz CT molecular complexity index is 461. The molecular formula is C11H12N4O. The first-order valence-corrected chi connectivity index (χ1v) is 5.05. The molecule has 0 aliphatic carbocycles. The Labute approximate surface area is 92.9 Å². The molecule has 0 aromatic carbocycles. The third kappa shape index (κ3) is 2.25. The maximum absolute atomic E-state index is 11.6. The van der Waals surface area contributed by atoms with E-state index in [1.54, 1.807) is 18.3 Å². The Morgan fingerprint density at radius 1 is 1.44 bits per heavy atom. The summed E-state index contributed by atoms with van der Waals surface area (Å²) in [6, 6.07) is 5.33. The summed E-state index contributed by atoms with van der Waals surface area (Å²) in [4.78, 5) is 15.7. The molecule has 2 heterocycles. The molecule has 0 saturated carbocycles. The Balaban J connectivity index is 2.06. The van der Waals surface area contributed by atoms with Crippen molar-refractivity contribution in [3.63, 3.8) is 0 Å². The number of amides is 1. The molecule has 82 valence electrons. The molecule has 5 heteroatoms. The van der Waals surface area contributed by atoms with E-state index >= 15 is 0 Å². The minimum Gasteiger partial charge on any atom is -0.305 e. The molecule has 5 nitrogen and oxygen atoms in total. The first kappa shape index (κ1) is 10.4. The van der Waals surface area contributed by atoms with Gasteiger partial charge in [-0.2, -0.15) is 5.10 Å². The van der Waals surface area contributed by atoms with Gasteiger partial charge in [0.2, 0.25) is 0 Å². The lowest BCUT2D eigenvalue weighted by molar-refractivity contribution is 0.102. The Morgan fingerprint density at radius 2 is 2.31 bits per heavy atom. The quantitative estimate of drug-likeness (QED) is 0.819. The van der Waals surface area contributed by atoms with Crippen LogP contribution < -0.4 is 5.32 Å². The second-order valence-corrected chi connectivity index (χ2v) is 3.33. The number of anilines is 1. The van der Waals surface area contributed by atoms with Gasteiger partial charge in [0.15, 0.2) is 0 Å². The van der Waals surface area contributed by atoms with Gasteiger partial charge in [0.05, 0.1) is 0 Å². The fourth-order valence-electron chi connectivity index (χ4n) is 1.27. The van der Waals surface area contributed by atoms with E-state index in [1.165, 1.54) is 6.20 Å². The van der Waals surface area contributed by atoms with Crippen LogP contribution in [0.2, 0.25) is 0 Å². The highest BCUT2D eigenvalue weighted by molar-refractivity contribution is 6.02. The van der Waals surface area contributed by atoms with Gasteiger partial charge in [-0.05, 0) is 24.1 Å². The third-order valence-electron chi connectivity index (χ3n) is 2.22.